The quantitative estimate of drug-likeness (QED) is 0.907. The number of hydrogen-bond donors (Lipinski definition) is 1. The number of fused-ring (bicyclic) bond motifs is 1. The summed E-state index contributed by atoms with van der Waals surface area (Å²) in [6, 6.07) is 5.71. The molecule has 5 heteroatoms. The number of hydrogen-bond acceptors (Lipinski definition) is 3. The second-order valence-corrected chi connectivity index (χ2v) is 4.59. The number of benzene rings is 1. The van der Waals surface area contributed by atoms with E-state index in [4.69, 9.17) is 21.1 Å². The van der Waals surface area contributed by atoms with Crippen LogP contribution >= 0.6 is 11.6 Å². The van der Waals surface area contributed by atoms with Crippen LogP contribution in [0.25, 0.3) is 11.3 Å². The van der Waals surface area contributed by atoms with Crippen LogP contribution in [0.4, 0.5) is 0 Å². The Kier molecular flexibility index (Phi) is 2.97. The van der Waals surface area contributed by atoms with E-state index in [0.29, 0.717) is 17.4 Å². The summed E-state index contributed by atoms with van der Waals surface area (Å²) >= 11 is 6.14. The molecule has 0 amide bonds. The average Bonchev–Trinajstić information content (AvgIpc) is 2.82. The molecule has 0 bridgehead atoms. The number of rotatable bonds is 2. The summed E-state index contributed by atoms with van der Waals surface area (Å²) in [7, 11) is 1.61. The van der Waals surface area contributed by atoms with Crippen LogP contribution in [0.3, 0.4) is 0 Å². The van der Waals surface area contributed by atoms with Gasteiger partial charge in [0.05, 0.1) is 36.7 Å². The Morgan fingerprint density at radius 3 is 3.11 bits per heavy atom. The zero-order valence-electron chi connectivity index (χ0n) is 10.00. The van der Waals surface area contributed by atoms with Gasteiger partial charge < -0.3 is 9.47 Å². The highest BCUT2D eigenvalue weighted by Gasteiger charge is 2.18. The molecule has 1 aromatic carbocycles. The van der Waals surface area contributed by atoms with Crippen LogP contribution in [-0.4, -0.2) is 23.9 Å². The monoisotopic (exact) mass is 264 g/mol. The van der Waals surface area contributed by atoms with Crippen molar-refractivity contribution in [1.29, 1.82) is 0 Å². The molecular formula is C13H13ClN2O2. The molecule has 0 unspecified atom stereocenters. The first-order valence-electron chi connectivity index (χ1n) is 5.77. The Hall–Kier alpha value is -1.52. The van der Waals surface area contributed by atoms with E-state index in [9.17, 15) is 0 Å². The maximum absolute atomic E-state index is 6.14. The Bertz CT molecular complexity index is 580. The van der Waals surface area contributed by atoms with E-state index in [0.717, 1.165) is 30.0 Å². The van der Waals surface area contributed by atoms with Crippen LogP contribution in [0.5, 0.6) is 5.75 Å². The summed E-state index contributed by atoms with van der Waals surface area (Å²) in [5.41, 5.74) is 4.24. The predicted molar refractivity (Wildman–Crippen MR) is 68.9 cm³/mol. The number of H-pyrrole nitrogens is 1. The van der Waals surface area contributed by atoms with Gasteiger partial charge in [-0.05, 0) is 24.6 Å². The SMILES string of the molecule is COc1ccc(-c2n[nH]c3c2CCOC3)cc1Cl. The lowest BCUT2D eigenvalue weighted by Gasteiger charge is -2.12. The van der Waals surface area contributed by atoms with Crippen LogP contribution in [0, 0.1) is 0 Å². The van der Waals surface area contributed by atoms with E-state index in [-0.39, 0.29) is 0 Å². The van der Waals surface area contributed by atoms with E-state index in [1.807, 2.05) is 18.2 Å². The maximum atomic E-state index is 6.14. The molecule has 4 nitrogen and oxygen atoms in total. The fourth-order valence-electron chi connectivity index (χ4n) is 2.19. The van der Waals surface area contributed by atoms with Crippen LogP contribution in [0.1, 0.15) is 11.3 Å². The molecule has 0 atom stereocenters. The summed E-state index contributed by atoms with van der Waals surface area (Å²) in [5.74, 6) is 0.674. The lowest BCUT2D eigenvalue weighted by molar-refractivity contribution is 0.108. The van der Waals surface area contributed by atoms with Gasteiger partial charge in [-0.15, -0.1) is 0 Å². The van der Waals surface area contributed by atoms with Crippen molar-refractivity contribution in [3.05, 3.63) is 34.5 Å². The highest BCUT2D eigenvalue weighted by atomic mass is 35.5. The van der Waals surface area contributed by atoms with Gasteiger partial charge in [0.1, 0.15) is 5.75 Å². The third kappa shape index (κ3) is 1.87. The molecule has 2 heterocycles. The van der Waals surface area contributed by atoms with Gasteiger partial charge >= 0.3 is 0 Å². The first-order valence-corrected chi connectivity index (χ1v) is 6.15. The molecule has 1 N–H and O–H groups in total. The zero-order chi connectivity index (χ0) is 12.5. The molecule has 0 saturated heterocycles. The van der Waals surface area contributed by atoms with Crippen LogP contribution in [-0.2, 0) is 17.8 Å². The fraction of sp³-hybridized carbons (Fsp3) is 0.308. The first-order chi connectivity index (χ1) is 8.79. The average molecular weight is 265 g/mol. The van der Waals surface area contributed by atoms with Crippen molar-refractivity contribution in [3.63, 3.8) is 0 Å². The van der Waals surface area contributed by atoms with Crippen LogP contribution in [0.15, 0.2) is 18.2 Å². The van der Waals surface area contributed by atoms with Crippen molar-refractivity contribution in [3.8, 4) is 17.0 Å². The summed E-state index contributed by atoms with van der Waals surface area (Å²) < 4.78 is 10.5. The lowest BCUT2D eigenvalue weighted by Crippen LogP contribution is -2.08. The van der Waals surface area contributed by atoms with Gasteiger partial charge in [-0.2, -0.15) is 5.10 Å². The van der Waals surface area contributed by atoms with E-state index in [2.05, 4.69) is 10.2 Å². The van der Waals surface area contributed by atoms with Crippen molar-refractivity contribution < 1.29 is 9.47 Å². The molecule has 0 aliphatic carbocycles. The number of methoxy groups -OCH3 is 1. The second-order valence-electron chi connectivity index (χ2n) is 4.18. The van der Waals surface area contributed by atoms with E-state index in [1.54, 1.807) is 7.11 Å². The number of nitrogens with one attached hydrogen (secondary N) is 1. The van der Waals surface area contributed by atoms with Crippen molar-refractivity contribution in [2.24, 2.45) is 0 Å². The number of aromatic amines is 1. The summed E-state index contributed by atoms with van der Waals surface area (Å²) in [6.07, 6.45) is 0.880. The Morgan fingerprint density at radius 1 is 1.44 bits per heavy atom. The minimum Gasteiger partial charge on any atom is -0.495 e. The standard InChI is InChI=1S/C13H13ClN2O2/c1-17-12-3-2-8(6-10(12)14)13-9-4-5-18-7-11(9)15-16-13/h2-3,6H,4-5,7H2,1H3,(H,15,16). The predicted octanol–water partition coefficient (Wildman–Crippen LogP) is 2.81. The normalized spacial score (nSPS) is 14.3. The van der Waals surface area contributed by atoms with Gasteiger partial charge in [-0.3, -0.25) is 5.10 Å². The molecular weight excluding hydrogens is 252 g/mol. The van der Waals surface area contributed by atoms with E-state index < -0.39 is 0 Å². The van der Waals surface area contributed by atoms with Crippen molar-refractivity contribution in [1.82, 2.24) is 10.2 Å². The summed E-state index contributed by atoms with van der Waals surface area (Å²) in [5, 5.41) is 7.98. The summed E-state index contributed by atoms with van der Waals surface area (Å²) in [6.45, 7) is 1.34. The molecule has 0 spiro atoms. The van der Waals surface area contributed by atoms with Crippen LogP contribution < -0.4 is 4.74 Å². The molecule has 2 aromatic rings. The van der Waals surface area contributed by atoms with Gasteiger partial charge in [0.15, 0.2) is 0 Å². The number of nitrogens with zero attached hydrogens (tertiary/aromatic N) is 1. The Balaban J connectivity index is 2.04. The van der Waals surface area contributed by atoms with E-state index >= 15 is 0 Å². The molecule has 1 aliphatic rings. The van der Waals surface area contributed by atoms with E-state index in [1.165, 1.54) is 5.56 Å². The lowest BCUT2D eigenvalue weighted by atomic mass is 10.0. The number of aromatic nitrogens is 2. The molecule has 0 saturated carbocycles. The van der Waals surface area contributed by atoms with Gasteiger partial charge in [0, 0.05) is 11.1 Å². The minimum absolute atomic E-state index is 0.596. The fourth-order valence-corrected chi connectivity index (χ4v) is 2.45. The van der Waals surface area contributed by atoms with Gasteiger partial charge in [0.2, 0.25) is 0 Å². The summed E-state index contributed by atoms with van der Waals surface area (Å²) in [4.78, 5) is 0. The molecule has 1 aliphatic heterocycles. The maximum Gasteiger partial charge on any atom is 0.137 e. The molecule has 18 heavy (non-hydrogen) atoms. The second kappa shape index (κ2) is 4.63. The third-order valence-corrected chi connectivity index (χ3v) is 3.42. The molecule has 94 valence electrons. The highest BCUT2D eigenvalue weighted by molar-refractivity contribution is 6.32. The molecule has 1 aromatic heterocycles. The number of halogens is 1. The van der Waals surface area contributed by atoms with Crippen molar-refractivity contribution in [2.45, 2.75) is 13.0 Å². The van der Waals surface area contributed by atoms with Crippen molar-refractivity contribution in [2.75, 3.05) is 13.7 Å². The van der Waals surface area contributed by atoms with Gasteiger partial charge in [-0.25, -0.2) is 0 Å². The molecule has 3 rings (SSSR count). The van der Waals surface area contributed by atoms with Crippen molar-refractivity contribution >= 4 is 11.6 Å². The topological polar surface area (TPSA) is 47.1 Å². The Morgan fingerprint density at radius 2 is 2.33 bits per heavy atom. The third-order valence-electron chi connectivity index (χ3n) is 3.12. The minimum atomic E-state index is 0.596. The van der Waals surface area contributed by atoms with Gasteiger partial charge in [-0.1, -0.05) is 11.6 Å². The first kappa shape index (κ1) is 11.6. The molecule has 0 fully saturated rings. The Labute approximate surface area is 110 Å². The smallest absolute Gasteiger partial charge is 0.137 e. The largest absolute Gasteiger partial charge is 0.495 e. The van der Waals surface area contributed by atoms with Gasteiger partial charge in [0.25, 0.3) is 0 Å². The zero-order valence-corrected chi connectivity index (χ0v) is 10.8. The number of ether oxygens (including phenoxy) is 2. The molecule has 0 radical (unpaired) electrons. The van der Waals surface area contributed by atoms with Crippen LogP contribution in [0.2, 0.25) is 5.02 Å². The highest BCUT2D eigenvalue weighted by Crippen LogP contribution is 2.32.